The van der Waals surface area contributed by atoms with Crippen molar-refractivity contribution < 1.29 is 9.59 Å². The van der Waals surface area contributed by atoms with Gasteiger partial charge in [-0.2, -0.15) is 0 Å². The van der Waals surface area contributed by atoms with Gasteiger partial charge in [0.2, 0.25) is 0 Å². The summed E-state index contributed by atoms with van der Waals surface area (Å²) < 4.78 is 0. The van der Waals surface area contributed by atoms with Gasteiger partial charge in [0.25, 0.3) is 0 Å². The Bertz CT molecular complexity index is 700. The molecule has 0 aromatic carbocycles. The largest absolute Gasteiger partial charge is 0.299 e. The van der Waals surface area contributed by atoms with E-state index < -0.39 is 0 Å². The van der Waals surface area contributed by atoms with Gasteiger partial charge in [0.15, 0.2) is 5.78 Å². The van der Waals surface area contributed by atoms with Crippen LogP contribution in [0.25, 0.3) is 0 Å². The average molecular weight is 331 g/mol. The number of fused-ring (bicyclic) bond motifs is 5. The SMILES string of the molecule is C=C1C[C@@H]2[C@H](CC[C@]3(C)C(=O)CC[C@@H]23)[C@@]2(C)C=CC(=O)C(Cl)=C12. The van der Waals surface area contributed by atoms with Crippen molar-refractivity contribution in [3.63, 3.8) is 0 Å². The molecule has 0 radical (unpaired) electrons. The normalized spacial score (nSPS) is 45.9. The number of hydrogen-bond donors (Lipinski definition) is 0. The van der Waals surface area contributed by atoms with E-state index in [1.807, 2.05) is 0 Å². The van der Waals surface area contributed by atoms with Crippen LogP contribution in [0.4, 0.5) is 0 Å². The molecule has 3 fully saturated rings. The Morgan fingerprint density at radius 3 is 2.70 bits per heavy atom. The minimum atomic E-state index is -0.210. The molecule has 0 bridgehead atoms. The highest BCUT2D eigenvalue weighted by atomic mass is 35.5. The first-order valence-corrected chi connectivity index (χ1v) is 9.02. The van der Waals surface area contributed by atoms with Crippen LogP contribution in [0.3, 0.4) is 0 Å². The van der Waals surface area contributed by atoms with Gasteiger partial charge in [-0.1, -0.05) is 38.1 Å². The molecule has 4 aliphatic rings. The molecule has 0 amide bonds. The minimum Gasteiger partial charge on any atom is -0.299 e. The van der Waals surface area contributed by atoms with Crippen molar-refractivity contribution in [3.05, 3.63) is 34.9 Å². The lowest BCUT2D eigenvalue weighted by Gasteiger charge is -2.56. The third kappa shape index (κ3) is 1.82. The molecule has 0 N–H and O–H groups in total. The average Bonchev–Trinajstić information content (AvgIpc) is 2.79. The molecule has 0 aromatic rings. The van der Waals surface area contributed by atoms with Crippen molar-refractivity contribution in [1.82, 2.24) is 0 Å². The molecule has 23 heavy (non-hydrogen) atoms. The van der Waals surface area contributed by atoms with E-state index in [1.165, 1.54) is 0 Å². The molecule has 122 valence electrons. The number of halogens is 1. The highest BCUT2D eigenvalue weighted by Crippen LogP contribution is 2.65. The Kier molecular flexibility index (Phi) is 3.14. The van der Waals surface area contributed by atoms with Crippen LogP contribution in [-0.4, -0.2) is 11.6 Å². The van der Waals surface area contributed by atoms with Gasteiger partial charge in [-0.05, 0) is 60.7 Å². The van der Waals surface area contributed by atoms with Gasteiger partial charge in [0.1, 0.15) is 5.78 Å². The molecule has 5 atom stereocenters. The lowest BCUT2D eigenvalue weighted by molar-refractivity contribution is -0.131. The minimum absolute atomic E-state index is 0.101. The third-order valence-electron chi connectivity index (χ3n) is 7.31. The van der Waals surface area contributed by atoms with E-state index in [2.05, 4.69) is 26.5 Å². The molecule has 0 heterocycles. The van der Waals surface area contributed by atoms with Crippen molar-refractivity contribution in [1.29, 1.82) is 0 Å². The monoisotopic (exact) mass is 330 g/mol. The highest BCUT2D eigenvalue weighted by molar-refractivity contribution is 6.45. The second-order valence-electron chi connectivity index (χ2n) is 8.27. The highest BCUT2D eigenvalue weighted by Gasteiger charge is 2.59. The van der Waals surface area contributed by atoms with Gasteiger partial charge in [0.05, 0.1) is 5.03 Å². The lowest BCUT2D eigenvalue weighted by atomic mass is 9.48. The second-order valence-corrected chi connectivity index (χ2v) is 8.65. The number of hydrogen-bond acceptors (Lipinski definition) is 2. The van der Waals surface area contributed by atoms with E-state index in [4.69, 9.17) is 11.6 Å². The van der Waals surface area contributed by atoms with Crippen LogP contribution in [0.2, 0.25) is 0 Å². The van der Waals surface area contributed by atoms with Crippen molar-refractivity contribution >= 4 is 23.2 Å². The van der Waals surface area contributed by atoms with E-state index in [-0.39, 0.29) is 16.6 Å². The van der Waals surface area contributed by atoms with Gasteiger partial charge < -0.3 is 0 Å². The first-order chi connectivity index (χ1) is 10.8. The van der Waals surface area contributed by atoms with Gasteiger partial charge in [-0.15, -0.1) is 0 Å². The van der Waals surface area contributed by atoms with Crippen LogP contribution in [0.1, 0.15) is 46.0 Å². The molecule has 0 unspecified atom stereocenters. The van der Waals surface area contributed by atoms with Crippen LogP contribution in [0, 0.1) is 28.6 Å². The molecule has 0 saturated heterocycles. The Labute approximate surface area is 142 Å². The third-order valence-corrected chi connectivity index (χ3v) is 7.68. The molecular weight excluding hydrogens is 308 g/mol. The second kappa shape index (κ2) is 4.69. The lowest BCUT2D eigenvalue weighted by Crippen LogP contribution is -2.50. The van der Waals surface area contributed by atoms with Gasteiger partial charge in [-0.3, -0.25) is 9.59 Å². The smallest absolute Gasteiger partial charge is 0.197 e. The van der Waals surface area contributed by atoms with E-state index >= 15 is 0 Å². The Hall–Kier alpha value is -1.15. The van der Waals surface area contributed by atoms with Crippen LogP contribution in [0.15, 0.2) is 34.9 Å². The van der Waals surface area contributed by atoms with Gasteiger partial charge in [-0.25, -0.2) is 0 Å². The summed E-state index contributed by atoms with van der Waals surface area (Å²) in [6.07, 6.45) is 8.29. The summed E-state index contributed by atoms with van der Waals surface area (Å²) in [4.78, 5) is 24.4. The summed E-state index contributed by atoms with van der Waals surface area (Å²) in [6.45, 7) is 8.64. The predicted octanol–water partition coefficient (Wildman–Crippen LogP) is 4.60. The van der Waals surface area contributed by atoms with Crippen molar-refractivity contribution in [2.24, 2.45) is 28.6 Å². The van der Waals surface area contributed by atoms with Crippen molar-refractivity contribution in [2.45, 2.75) is 46.0 Å². The van der Waals surface area contributed by atoms with Crippen LogP contribution in [0.5, 0.6) is 0 Å². The quantitative estimate of drug-likeness (QED) is 0.650. The van der Waals surface area contributed by atoms with E-state index in [9.17, 15) is 9.59 Å². The zero-order valence-electron chi connectivity index (χ0n) is 13.8. The molecule has 4 aliphatic carbocycles. The Morgan fingerprint density at radius 1 is 1.22 bits per heavy atom. The van der Waals surface area contributed by atoms with E-state index in [0.717, 1.165) is 43.3 Å². The van der Waals surface area contributed by atoms with Crippen LogP contribution < -0.4 is 0 Å². The topological polar surface area (TPSA) is 34.1 Å². The maximum absolute atomic E-state index is 12.4. The standard InChI is InChI=1S/C20H23ClO2/c1-11-10-12-13-4-5-16(23)19(13,2)8-6-14(12)20(3)9-7-15(22)18(21)17(11)20/h7,9,12-14H,1,4-6,8,10H2,2-3H3/t12-,13-,14-,19-,20+/m0/s1. The first kappa shape index (κ1) is 15.4. The number of carbonyl (C=O) groups is 2. The van der Waals surface area contributed by atoms with Crippen LogP contribution in [-0.2, 0) is 9.59 Å². The van der Waals surface area contributed by atoms with Crippen molar-refractivity contribution in [3.8, 4) is 0 Å². The van der Waals surface area contributed by atoms with Gasteiger partial charge in [0, 0.05) is 17.3 Å². The number of rotatable bonds is 0. The van der Waals surface area contributed by atoms with E-state index in [0.29, 0.717) is 28.6 Å². The molecule has 2 nitrogen and oxygen atoms in total. The number of Topliss-reactive ketones (excluding diaryl/α,β-unsaturated/α-hetero) is 1. The fourth-order valence-electron chi connectivity index (χ4n) is 6.08. The summed E-state index contributed by atoms with van der Waals surface area (Å²) >= 11 is 6.38. The fourth-order valence-corrected chi connectivity index (χ4v) is 6.48. The summed E-state index contributed by atoms with van der Waals surface area (Å²) in [5, 5.41) is 0.356. The fraction of sp³-hybridized carbons (Fsp3) is 0.600. The van der Waals surface area contributed by atoms with Crippen molar-refractivity contribution in [2.75, 3.05) is 0 Å². The maximum atomic E-state index is 12.4. The molecule has 0 aromatic heterocycles. The zero-order valence-corrected chi connectivity index (χ0v) is 14.6. The molecule has 0 spiro atoms. The number of ketones is 2. The van der Waals surface area contributed by atoms with Crippen LogP contribution >= 0.6 is 11.6 Å². The molecule has 4 rings (SSSR count). The molecule has 0 aliphatic heterocycles. The van der Waals surface area contributed by atoms with Gasteiger partial charge >= 0.3 is 0 Å². The predicted molar refractivity (Wildman–Crippen MR) is 90.9 cm³/mol. The summed E-state index contributed by atoms with van der Waals surface area (Å²) in [5.41, 5.74) is 1.61. The summed E-state index contributed by atoms with van der Waals surface area (Å²) in [5.74, 6) is 1.73. The molecular formula is C20H23ClO2. The molecule has 3 heteroatoms. The Balaban J connectivity index is 1.81. The zero-order chi connectivity index (χ0) is 16.6. The maximum Gasteiger partial charge on any atom is 0.197 e. The number of allylic oxidation sites excluding steroid dienone is 5. The summed E-state index contributed by atoms with van der Waals surface area (Å²) in [6, 6.07) is 0. The Morgan fingerprint density at radius 2 is 1.96 bits per heavy atom. The summed E-state index contributed by atoms with van der Waals surface area (Å²) in [7, 11) is 0. The van der Waals surface area contributed by atoms with E-state index in [1.54, 1.807) is 6.08 Å². The molecule has 3 saturated carbocycles. The number of carbonyl (C=O) groups excluding carboxylic acids is 2. The first-order valence-electron chi connectivity index (χ1n) is 8.64.